The minimum absolute atomic E-state index is 0.0337. The molecule has 1 atom stereocenters. The minimum Gasteiger partial charge on any atom is -0.337 e. The Bertz CT molecular complexity index is 699. The summed E-state index contributed by atoms with van der Waals surface area (Å²) < 4.78 is 27.5. The lowest BCUT2D eigenvalue weighted by molar-refractivity contribution is 0.0704. The summed E-state index contributed by atoms with van der Waals surface area (Å²) in [4.78, 5) is 14.7. The van der Waals surface area contributed by atoms with Gasteiger partial charge in [-0.15, -0.1) is 0 Å². The lowest BCUT2D eigenvalue weighted by Crippen LogP contribution is -2.46. The average molecular weight is 351 g/mol. The van der Waals surface area contributed by atoms with Crippen molar-refractivity contribution in [1.82, 2.24) is 9.21 Å². The molecule has 2 N–H and O–H groups in total. The van der Waals surface area contributed by atoms with Gasteiger partial charge in [-0.25, -0.2) is 8.42 Å². The first-order chi connectivity index (χ1) is 11.5. The number of amides is 1. The number of sulfonamides is 1. The van der Waals surface area contributed by atoms with E-state index in [9.17, 15) is 13.2 Å². The molecule has 24 heavy (non-hydrogen) atoms. The van der Waals surface area contributed by atoms with Crippen molar-refractivity contribution in [2.45, 2.75) is 43.0 Å². The number of nitrogens with zero attached hydrogens (tertiary/aromatic N) is 2. The number of benzene rings is 1. The first-order valence-corrected chi connectivity index (χ1v) is 10.1. The molecule has 0 aliphatic carbocycles. The maximum Gasteiger partial charge on any atom is 0.255 e. The zero-order valence-electron chi connectivity index (χ0n) is 13.9. The fourth-order valence-electron chi connectivity index (χ4n) is 3.48. The third kappa shape index (κ3) is 3.48. The molecule has 1 unspecified atom stereocenters. The summed E-state index contributed by atoms with van der Waals surface area (Å²) in [6, 6.07) is 6.51. The standard InChI is InChI=1S/C17H25N3O3S/c18-14-7-6-10-19(13-14)17(21)15-8-2-3-9-16(15)24(22,23)20-11-4-1-5-12-20/h2-3,8-9,14H,1,4-7,10-13,18H2. The number of carbonyl (C=O) groups excluding carboxylic acids is 1. The second-order valence-corrected chi connectivity index (χ2v) is 8.52. The summed E-state index contributed by atoms with van der Waals surface area (Å²) in [5.41, 5.74) is 6.22. The third-order valence-corrected chi connectivity index (χ3v) is 6.75. The largest absolute Gasteiger partial charge is 0.337 e. The van der Waals surface area contributed by atoms with Gasteiger partial charge in [-0.1, -0.05) is 18.6 Å². The highest BCUT2D eigenvalue weighted by atomic mass is 32.2. The second-order valence-electron chi connectivity index (χ2n) is 6.61. The van der Waals surface area contributed by atoms with Crippen LogP contribution in [0.15, 0.2) is 29.2 Å². The summed E-state index contributed by atoms with van der Waals surface area (Å²) in [6.45, 7) is 2.17. The number of hydrogen-bond acceptors (Lipinski definition) is 4. The molecule has 1 amide bonds. The lowest BCUT2D eigenvalue weighted by atomic mass is 10.1. The minimum atomic E-state index is -3.64. The van der Waals surface area contributed by atoms with Crippen molar-refractivity contribution in [3.63, 3.8) is 0 Å². The normalized spacial score (nSPS) is 23.2. The summed E-state index contributed by atoms with van der Waals surface area (Å²) in [5.74, 6) is -0.235. The maximum absolute atomic E-state index is 13.0. The summed E-state index contributed by atoms with van der Waals surface area (Å²) in [7, 11) is -3.64. The molecule has 2 aliphatic rings. The Hall–Kier alpha value is -1.44. The predicted molar refractivity (Wildman–Crippen MR) is 92.2 cm³/mol. The van der Waals surface area contributed by atoms with Crippen LogP contribution >= 0.6 is 0 Å². The Morgan fingerprint density at radius 1 is 1.04 bits per heavy atom. The summed E-state index contributed by atoms with van der Waals surface area (Å²) in [6.07, 6.45) is 4.55. The molecule has 1 aromatic rings. The molecule has 0 bridgehead atoms. The molecule has 0 spiro atoms. The van der Waals surface area contributed by atoms with Gasteiger partial charge in [0.05, 0.1) is 10.5 Å². The molecule has 2 aliphatic heterocycles. The molecule has 2 heterocycles. The first kappa shape index (κ1) is 17.4. The van der Waals surface area contributed by atoms with Crippen molar-refractivity contribution in [1.29, 1.82) is 0 Å². The van der Waals surface area contributed by atoms with Crippen LogP contribution in [0, 0.1) is 0 Å². The van der Waals surface area contributed by atoms with Crippen molar-refractivity contribution in [3.05, 3.63) is 29.8 Å². The van der Waals surface area contributed by atoms with Crippen molar-refractivity contribution >= 4 is 15.9 Å². The molecule has 6 nitrogen and oxygen atoms in total. The molecule has 0 aromatic heterocycles. The number of hydrogen-bond donors (Lipinski definition) is 1. The monoisotopic (exact) mass is 351 g/mol. The first-order valence-electron chi connectivity index (χ1n) is 8.64. The van der Waals surface area contributed by atoms with Gasteiger partial charge in [0.1, 0.15) is 0 Å². The SMILES string of the molecule is NC1CCCN(C(=O)c2ccccc2S(=O)(=O)N2CCCCC2)C1. The van der Waals surface area contributed by atoms with Crippen LogP contribution in [0.1, 0.15) is 42.5 Å². The number of piperidine rings is 2. The molecule has 0 radical (unpaired) electrons. The smallest absolute Gasteiger partial charge is 0.255 e. The summed E-state index contributed by atoms with van der Waals surface area (Å²) >= 11 is 0. The number of nitrogens with two attached hydrogens (primary N) is 1. The van der Waals surface area contributed by atoms with E-state index in [4.69, 9.17) is 5.73 Å². The maximum atomic E-state index is 13.0. The van der Waals surface area contributed by atoms with E-state index in [1.54, 1.807) is 29.2 Å². The number of likely N-dealkylation sites (tertiary alicyclic amines) is 1. The van der Waals surface area contributed by atoms with Crippen LogP contribution in [-0.2, 0) is 10.0 Å². The predicted octanol–water partition coefficient (Wildman–Crippen LogP) is 1.42. The highest BCUT2D eigenvalue weighted by molar-refractivity contribution is 7.89. The van der Waals surface area contributed by atoms with E-state index >= 15 is 0 Å². The van der Waals surface area contributed by atoms with Crippen molar-refractivity contribution in [2.75, 3.05) is 26.2 Å². The van der Waals surface area contributed by atoms with Gasteiger partial charge >= 0.3 is 0 Å². The Morgan fingerprint density at radius 3 is 2.46 bits per heavy atom. The van der Waals surface area contributed by atoms with Crippen molar-refractivity contribution < 1.29 is 13.2 Å². The fraction of sp³-hybridized carbons (Fsp3) is 0.588. The molecule has 7 heteroatoms. The third-order valence-electron chi connectivity index (χ3n) is 4.80. The van der Waals surface area contributed by atoms with E-state index in [1.165, 1.54) is 4.31 Å². The van der Waals surface area contributed by atoms with Crippen LogP contribution in [0.3, 0.4) is 0 Å². The van der Waals surface area contributed by atoms with E-state index in [-0.39, 0.29) is 22.4 Å². The van der Waals surface area contributed by atoms with Gasteiger partial charge in [-0.3, -0.25) is 4.79 Å². The molecular formula is C17H25N3O3S. The van der Waals surface area contributed by atoms with Gasteiger partial charge in [-0.05, 0) is 37.8 Å². The Balaban J connectivity index is 1.91. The Morgan fingerprint density at radius 2 is 1.75 bits per heavy atom. The second kappa shape index (κ2) is 7.21. The molecule has 2 saturated heterocycles. The molecule has 1 aromatic carbocycles. The van der Waals surface area contributed by atoms with Crippen LogP contribution in [0.2, 0.25) is 0 Å². The van der Waals surface area contributed by atoms with E-state index in [0.29, 0.717) is 26.2 Å². The number of carbonyl (C=O) groups is 1. The van der Waals surface area contributed by atoms with Gasteiger partial charge in [0, 0.05) is 32.2 Å². The van der Waals surface area contributed by atoms with Gasteiger partial charge < -0.3 is 10.6 Å². The van der Waals surface area contributed by atoms with E-state index in [2.05, 4.69) is 0 Å². The number of rotatable bonds is 3. The van der Waals surface area contributed by atoms with Crippen LogP contribution in [0.5, 0.6) is 0 Å². The van der Waals surface area contributed by atoms with E-state index in [0.717, 1.165) is 32.1 Å². The molecular weight excluding hydrogens is 326 g/mol. The Labute approximate surface area is 143 Å². The highest BCUT2D eigenvalue weighted by Gasteiger charge is 2.32. The van der Waals surface area contributed by atoms with Crippen LogP contribution in [0.4, 0.5) is 0 Å². The fourth-order valence-corrected chi connectivity index (χ4v) is 5.18. The van der Waals surface area contributed by atoms with Gasteiger partial charge in [0.2, 0.25) is 10.0 Å². The quantitative estimate of drug-likeness (QED) is 0.893. The van der Waals surface area contributed by atoms with Gasteiger partial charge in [0.15, 0.2) is 0 Å². The molecule has 0 saturated carbocycles. The zero-order chi connectivity index (χ0) is 17.2. The molecule has 3 rings (SSSR count). The Kier molecular flexibility index (Phi) is 5.22. The summed E-state index contributed by atoms with van der Waals surface area (Å²) in [5, 5.41) is 0. The van der Waals surface area contributed by atoms with Crippen molar-refractivity contribution in [2.24, 2.45) is 5.73 Å². The van der Waals surface area contributed by atoms with Crippen LogP contribution in [-0.4, -0.2) is 55.8 Å². The van der Waals surface area contributed by atoms with Crippen LogP contribution in [0.25, 0.3) is 0 Å². The van der Waals surface area contributed by atoms with E-state index in [1.807, 2.05) is 0 Å². The lowest BCUT2D eigenvalue weighted by Gasteiger charge is -2.32. The molecule has 2 fully saturated rings. The average Bonchev–Trinajstić information content (AvgIpc) is 2.62. The van der Waals surface area contributed by atoms with E-state index < -0.39 is 10.0 Å². The zero-order valence-corrected chi connectivity index (χ0v) is 14.7. The highest BCUT2D eigenvalue weighted by Crippen LogP contribution is 2.25. The topological polar surface area (TPSA) is 83.7 Å². The van der Waals surface area contributed by atoms with Gasteiger partial charge in [-0.2, -0.15) is 4.31 Å². The van der Waals surface area contributed by atoms with Gasteiger partial charge in [0.25, 0.3) is 5.91 Å². The molecule has 132 valence electrons. The van der Waals surface area contributed by atoms with Crippen LogP contribution < -0.4 is 5.73 Å². The van der Waals surface area contributed by atoms with Crippen molar-refractivity contribution in [3.8, 4) is 0 Å².